The number of nitrogens with two attached hydrogens (primary N) is 1. The van der Waals surface area contributed by atoms with Gasteiger partial charge in [-0.25, -0.2) is 4.39 Å². The fourth-order valence-electron chi connectivity index (χ4n) is 2.04. The molecule has 0 radical (unpaired) electrons. The number of hydrogen-bond donors (Lipinski definition) is 1. The third-order valence-electron chi connectivity index (χ3n) is 3.03. The van der Waals surface area contributed by atoms with Gasteiger partial charge in [0.25, 0.3) is 0 Å². The highest BCUT2D eigenvalue weighted by Crippen LogP contribution is 2.32. The Hall–Kier alpha value is -3.13. The molecule has 21 heavy (non-hydrogen) atoms. The van der Waals surface area contributed by atoms with Gasteiger partial charge in [-0.05, 0) is 36.4 Å². The van der Waals surface area contributed by atoms with E-state index in [1.54, 1.807) is 42.6 Å². The molecule has 0 aliphatic carbocycles. The second-order valence-corrected chi connectivity index (χ2v) is 4.41. The lowest BCUT2D eigenvalue weighted by Crippen LogP contribution is -1.93. The lowest BCUT2D eigenvalue weighted by Gasteiger charge is -2.10. The Morgan fingerprint density at radius 3 is 2.81 bits per heavy atom. The van der Waals surface area contributed by atoms with Crippen LogP contribution in [0.15, 0.2) is 48.7 Å². The smallest absolute Gasteiger partial charge is 0.148 e. The van der Waals surface area contributed by atoms with Crippen LogP contribution in [0.3, 0.4) is 0 Å². The Kier molecular flexibility index (Phi) is 3.13. The Morgan fingerprint density at radius 1 is 1.14 bits per heavy atom. The van der Waals surface area contributed by atoms with Gasteiger partial charge in [0, 0.05) is 17.3 Å². The summed E-state index contributed by atoms with van der Waals surface area (Å²) in [4.78, 5) is 4.21. The van der Waals surface area contributed by atoms with Crippen molar-refractivity contribution in [3.63, 3.8) is 0 Å². The highest BCUT2D eigenvalue weighted by molar-refractivity contribution is 5.87. The summed E-state index contributed by atoms with van der Waals surface area (Å²) in [7, 11) is 0. The number of fused-ring (bicyclic) bond motifs is 1. The minimum Gasteiger partial charge on any atom is -0.455 e. The summed E-state index contributed by atoms with van der Waals surface area (Å²) in [5.74, 6) is 0.0431. The van der Waals surface area contributed by atoms with Gasteiger partial charge >= 0.3 is 0 Å². The SMILES string of the molecule is N#Cc1c(F)cccc1Oc1ccnc2cc(N)ccc12. The number of anilines is 1. The molecule has 1 aromatic heterocycles. The van der Waals surface area contributed by atoms with Gasteiger partial charge in [-0.1, -0.05) is 6.07 Å². The van der Waals surface area contributed by atoms with Crippen LogP contribution in [0.25, 0.3) is 10.9 Å². The number of hydrogen-bond acceptors (Lipinski definition) is 4. The fourth-order valence-corrected chi connectivity index (χ4v) is 2.04. The van der Waals surface area contributed by atoms with Gasteiger partial charge in [-0.3, -0.25) is 4.98 Å². The van der Waals surface area contributed by atoms with Crippen LogP contribution in [-0.4, -0.2) is 4.98 Å². The number of pyridine rings is 1. The van der Waals surface area contributed by atoms with E-state index in [0.29, 0.717) is 17.0 Å². The topological polar surface area (TPSA) is 71.9 Å². The van der Waals surface area contributed by atoms with Crippen LogP contribution >= 0.6 is 0 Å². The number of halogens is 1. The molecule has 0 bridgehead atoms. The summed E-state index contributed by atoms with van der Waals surface area (Å²) in [6.45, 7) is 0. The molecule has 3 aromatic rings. The molecule has 0 spiro atoms. The zero-order valence-electron chi connectivity index (χ0n) is 10.9. The third-order valence-corrected chi connectivity index (χ3v) is 3.03. The first-order chi connectivity index (χ1) is 10.2. The van der Waals surface area contributed by atoms with E-state index in [1.807, 2.05) is 0 Å². The Bertz CT molecular complexity index is 871. The summed E-state index contributed by atoms with van der Waals surface area (Å²) in [5, 5.41) is 9.76. The van der Waals surface area contributed by atoms with Gasteiger partial charge in [0.05, 0.1) is 5.52 Å². The number of aromatic nitrogens is 1. The van der Waals surface area contributed by atoms with Crippen molar-refractivity contribution in [1.82, 2.24) is 4.98 Å². The lowest BCUT2D eigenvalue weighted by atomic mass is 10.1. The molecule has 0 atom stereocenters. The Morgan fingerprint density at radius 2 is 2.00 bits per heavy atom. The van der Waals surface area contributed by atoms with Crippen molar-refractivity contribution < 1.29 is 9.13 Å². The molecule has 1 heterocycles. The summed E-state index contributed by atoms with van der Waals surface area (Å²) in [6.07, 6.45) is 1.57. The monoisotopic (exact) mass is 279 g/mol. The van der Waals surface area contributed by atoms with Gasteiger partial charge in [0.1, 0.15) is 28.9 Å². The molecule has 5 heteroatoms. The van der Waals surface area contributed by atoms with Crippen molar-refractivity contribution in [2.75, 3.05) is 5.73 Å². The van der Waals surface area contributed by atoms with Crippen LogP contribution in [0.4, 0.5) is 10.1 Å². The quantitative estimate of drug-likeness (QED) is 0.727. The molecule has 0 aliphatic rings. The maximum Gasteiger partial charge on any atom is 0.148 e. The van der Waals surface area contributed by atoms with Crippen LogP contribution in [0, 0.1) is 17.1 Å². The summed E-state index contributed by atoms with van der Waals surface area (Å²) >= 11 is 0. The van der Waals surface area contributed by atoms with Crippen molar-refractivity contribution in [3.05, 3.63) is 60.0 Å². The number of rotatable bonds is 2. The average molecular weight is 279 g/mol. The van der Waals surface area contributed by atoms with Gasteiger partial charge in [-0.2, -0.15) is 5.26 Å². The molecule has 4 nitrogen and oxygen atoms in total. The van der Waals surface area contributed by atoms with E-state index in [1.165, 1.54) is 12.1 Å². The van der Waals surface area contributed by atoms with Crippen molar-refractivity contribution >= 4 is 16.6 Å². The molecule has 102 valence electrons. The minimum absolute atomic E-state index is 0.127. The van der Waals surface area contributed by atoms with Gasteiger partial charge in [0.15, 0.2) is 0 Å². The van der Waals surface area contributed by atoms with Crippen LogP contribution in [0.1, 0.15) is 5.56 Å². The first kappa shape index (κ1) is 12.9. The zero-order chi connectivity index (χ0) is 14.8. The zero-order valence-corrected chi connectivity index (χ0v) is 10.9. The number of nitriles is 1. The molecular formula is C16H10FN3O. The highest BCUT2D eigenvalue weighted by atomic mass is 19.1. The van der Waals surface area contributed by atoms with E-state index in [2.05, 4.69) is 4.98 Å². The van der Waals surface area contributed by atoms with Crippen molar-refractivity contribution in [1.29, 1.82) is 5.26 Å². The summed E-state index contributed by atoms with van der Waals surface area (Å²) in [5.41, 5.74) is 6.85. The molecule has 2 aromatic carbocycles. The van der Waals surface area contributed by atoms with Gasteiger partial charge in [0.2, 0.25) is 0 Å². The molecule has 0 unspecified atom stereocenters. The predicted octanol–water partition coefficient (Wildman–Crippen LogP) is 3.62. The van der Waals surface area contributed by atoms with E-state index >= 15 is 0 Å². The number of nitrogens with zero attached hydrogens (tertiary/aromatic N) is 2. The van der Waals surface area contributed by atoms with Gasteiger partial charge in [-0.15, -0.1) is 0 Å². The molecule has 0 saturated heterocycles. The molecular weight excluding hydrogens is 269 g/mol. The lowest BCUT2D eigenvalue weighted by molar-refractivity contribution is 0.479. The van der Waals surface area contributed by atoms with Crippen molar-refractivity contribution in [2.24, 2.45) is 0 Å². The normalized spacial score (nSPS) is 10.3. The van der Waals surface area contributed by atoms with Crippen LogP contribution in [0.5, 0.6) is 11.5 Å². The molecule has 2 N–H and O–H groups in total. The molecule has 0 saturated carbocycles. The van der Waals surface area contributed by atoms with Crippen LogP contribution < -0.4 is 10.5 Å². The second-order valence-electron chi connectivity index (χ2n) is 4.41. The Balaban J connectivity index is 2.11. The van der Waals surface area contributed by atoms with E-state index in [-0.39, 0.29) is 11.3 Å². The summed E-state index contributed by atoms with van der Waals surface area (Å²) in [6, 6.07) is 12.9. The van der Waals surface area contributed by atoms with Crippen molar-refractivity contribution in [3.8, 4) is 17.6 Å². The van der Waals surface area contributed by atoms with E-state index in [0.717, 1.165) is 5.39 Å². The average Bonchev–Trinajstić information content (AvgIpc) is 2.47. The first-order valence-corrected chi connectivity index (χ1v) is 6.20. The van der Waals surface area contributed by atoms with E-state index in [9.17, 15) is 4.39 Å². The van der Waals surface area contributed by atoms with Crippen LogP contribution in [0.2, 0.25) is 0 Å². The number of ether oxygens (including phenoxy) is 1. The standard InChI is InChI=1S/C16H10FN3O/c17-13-2-1-3-15(12(13)9-18)21-16-6-7-20-14-8-10(19)4-5-11(14)16/h1-8H,19H2. The molecule has 0 aliphatic heterocycles. The van der Waals surface area contributed by atoms with Crippen molar-refractivity contribution in [2.45, 2.75) is 0 Å². The fraction of sp³-hybridized carbons (Fsp3) is 0. The van der Waals surface area contributed by atoms with Crippen LogP contribution in [-0.2, 0) is 0 Å². The largest absolute Gasteiger partial charge is 0.455 e. The highest BCUT2D eigenvalue weighted by Gasteiger charge is 2.11. The molecule has 3 rings (SSSR count). The second kappa shape index (κ2) is 5.10. The molecule has 0 amide bonds. The predicted molar refractivity (Wildman–Crippen MR) is 77.3 cm³/mol. The number of benzene rings is 2. The van der Waals surface area contributed by atoms with Gasteiger partial charge < -0.3 is 10.5 Å². The third kappa shape index (κ3) is 2.35. The first-order valence-electron chi connectivity index (χ1n) is 6.20. The minimum atomic E-state index is -0.613. The molecule has 0 fully saturated rings. The Labute approximate surface area is 120 Å². The summed E-state index contributed by atoms with van der Waals surface area (Å²) < 4.78 is 19.3. The maximum absolute atomic E-state index is 13.6. The van der Waals surface area contributed by atoms with E-state index < -0.39 is 5.82 Å². The number of nitrogen functional groups attached to an aromatic ring is 1. The maximum atomic E-state index is 13.6. The van der Waals surface area contributed by atoms with E-state index in [4.69, 9.17) is 15.7 Å².